The molecule has 0 atom stereocenters. The SMILES string of the molecule is Cn1nccc1CNc1ccc(Cl)c(F)c1. The van der Waals surface area contributed by atoms with Crippen molar-refractivity contribution >= 4 is 17.3 Å². The number of nitrogens with one attached hydrogen (secondary N) is 1. The van der Waals surface area contributed by atoms with Crippen LogP contribution in [0.4, 0.5) is 10.1 Å². The van der Waals surface area contributed by atoms with Crippen molar-refractivity contribution in [3.8, 4) is 0 Å². The Morgan fingerprint density at radius 3 is 2.88 bits per heavy atom. The van der Waals surface area contributed by atoms with Crippen LogP contribution < -0.4 is 5.32 Å². The fourth-order valence-electron chi connectivity index (χ4n) is 1.37. The molecular weight excluding hydrogens is 229 g/mol. The maximum Gasteiger partial charge on any atom is 0.143 e. The Morgan fingerprint density at radius 1 is 1.44 bits per heavy atom. The third-order valence-electron chi connectivity index (χ3n) is 2.32. The summed E-state index contributed by atoms with van der Waals surface area (Å²) in [6.45, 7) is 0.595. The fraction of sp³-hybridized carbons (Fsp3) is 0.182. The van der Waals surface area contributed by atoms with Crippen molar-refractivity contribution in [2.75, 3.05) is 5.32 Å². The molecule has 5 heteroatoms. The van der Waals surface area contributed by atoms with Gasteiger partial charge < -0.3 is 5.32 Å². The molecule has 0 fully saturated rings. The summed E-state index contributed by atoms with van der Waals surface area (Å²) in [4.78, 5) is 0. The van der Waals surface area contributed by atoms with E-state index in [1.165, 1.54) is 12.1 Å². The Labute approximate surface area is 97.8 Å². The first-order valence-electron chi connectivity index (χ1n) is 4.82. The summed E-state index contributed by atoms with van der Waals surface area (Å²) in [6, 6.07) is 6.54. The van der Waals surface area contributed by atoms with Crippen LogP contribution in [-0.2, 0) is 13.6 Å². The molecule has 0 spiro atoms. The lowest BCUT2D eigenvalue weighted by atomic mass is 10.3. The lowest BCUT2D eigenvalue weighted by Crippen LogP contribution is -2.05. The second-order valence-corrected chi connectivity index (χ2v) is 3.84. The van der Waals surface area contributed by atoms with Crippen LogP contribution in [0.2, 0.25) is 5.02 Å². The zero-order valence-corrected chi connectivity index (χ0v) is 9.50. The monoisotopic (exact) mass is 239 g/mol. The highest BCUT2D eigenvalue weighted by Gasteiger charge is 2.02. The van der Waals surface area contributed by atoms with Crippen LogP contribution in [-0.4, -0.2) is 9.78 Å². The molecule has 84 valence electrons. The number of hydrogen-bond acceptors (Lipinski definition) is 2. The van der Waals surface area contributed by atoms with Crippen LogP contribution in [0.3, 0.4) is 0 Å². The van der Waals surface area contributed by atoms with E-state index >= 15 is 0 Å². The molecule has 1 aromatic carbocycles. The average molecular weight is 240 g/mol. The van der Waals surface area contributed by atoms with Gasteiger partial charge in [0.25, 0.3) is 0 Å². The van der Waals surface area contributed by atoms with Gasteiger partial charge in [-0.3, -0.25) is 4.68 Å². The van der Waals surface area contributed by atoms with Crippen molar-refractivity contribution in [2.45, 2.75) is 6.54 Å². The third kappa shape index (κ3) is 2.33. The van der Waals surface area contributed by atoms with Gasteiger partial charge in [-0.2, -0.15) is 5.10 Å². The Morgan fingerprint density at radius 2 is 2.25 bits per heavy atom. The summed E-state index contributed by atoms with van der Waals surface area (Å²) in [5, 5.41) is 7.27. The van der Waals surface area contributed by atoms with Gasteiger partial charge in [-0.05, 0) is 24.3 Å². The molecule has 0 aliphatic rings. The van der Waals surface area contributed by atoms with Gasteiger partial charge in [0.1, 0.15) is 5.82 Å². The molecule has 1 N–H and O–H groups in total. The van der Waals surface area contributed by atoms with Gasteiger partial charge in [0.05, 0.1) is 17.3 Å². The second-order valence-electron chi connectivity index (χ2n) is 3.43. The number of benzene rings is 1. The maximum absolute atomic E-state index is 13.1. The number of anilines is 1. The molecule has 0 saturated carbocycles. The Bertz CT molecular complexity index is 496. The number of rotatable bonds is 3. The van der Waals surface area contributed by atoms with Crippen LogP contribution in [0.15, 0.2) is 30.5 Å². The molecule has 2 rings (SSSR count). The van der Waals surface area contributed by atoms with Crippen molar-refractivity contribution in [2.24, 2.45) is 7.05 Å². The van der Waals surface area contributed by atoms with Crippen LogP contribution in [0.5, 0.6) is 0 Å². The highest BCUT2D eigenvalue weighted by molar-refractivity contribution is 6.30. The number of aromatic nitrogens is 2. The van der Waals surface area contributed by atoms with Crippen LogP contribution in [0.25, 0.3) is 0 Å². The van der Waals surface area contributed by atoms with Crippen LogP contribution in [0, 0.1) is 5.82 Å². The molecule has 0 aliphatic carbocycles. The molecule has 0 saturated heterocycles. The van der Waals surface area contributed by atoms with Gasteiger partial charge in [0, 0.05) is 18.9 Å². The molecule has 0 amide bonds. The number of hydrogen-bond donors (Lipinski definition) is 1. The van der Waals surface area contributed by atoms with Crippen LogP contribution in [0.1, 0.15) is 5.69 Å². The third-order valence-corrected chi connectivity index (χ3v) is 2.62. The van der Waals surface area contributed by atoms with Gasteiger partial charge in [-0.1, -0.05) is 11.6 Å². The zero-order valence-electron chi connectivity index (χ0n) is 8.74. The van der Waals surface area contributed by atoms with E-state index < -0.39 is 5.82 Å². The van der Waals surface area contributed by atoms with Gasteiger partial charge >= 0.3 is 0 Å². The van der Waals surface area contributed by atoms with Gasteiger partial charge in [0.15, 0.2) is 0 Å². The Hall–Kier alpha value is -1.55. The first kappa shape index (κ1) is 11.0. The van der Waals surface area contributed by atoms with Crippen molar-refractivity contribution in [3.05, 3.63) is 47.0 Å². The molecule has 2 aromatic rings. The summed E-state index contributed by atoms with van der Waals surface area (Å²) in [5.74, 6) is -0.420. The normalized spacial score (nSPS) is 10.4. The van der Waals surface area contributed by atoms with Gasteiger partial charge in [-0.15, -0.1) is 0 Å². The predicted molar refractivity (Wildman–Crippen MR) is 61.9 cm³/mol. The number of halogens is 2. The number of aryl methyl sites for hydroxylation is 1. The molecule has 0 unspecified atom stereocenters. The molecule has 0 aliphatic heterocycles. The van der Waals surface area contributed by atoms with Crippen molar-refractivity contribution in [1.29, 1.82) is 0 Å². The van der Waals surface area contributed by atoms with Gasteiger partial charge in [-0.25, -0.2) is 4.39 Å². The quantitative estimate of drug-likeness (QED) is 0.893. The Kier molecular flexibility index (Phi) is 3.10. The largest absolute Gasteiger partial charge is 0.379 e. The molecule has 0 radical (unpaired) electrons. The average Bonchev–Trinajstić information content (AvgIpc) is 2.66. The highest BCUT2D eigenvalue weighted by Crippen LogP contribution is 2.19. The lowest BCUT2D eigenvalue weighted by molar-refractivity contribution is 0.628. The lowest BCUT2D eigenvalue weighted by Gasteiger charge is -2.07. The summed E-state index contributed by atoms with van der Waals surface area (Å²) >= 11 is 5.59. The zero-order chi connectivity index (χ0) is 11.5. The summed E-state index contributed by atoms with van der Waals surface area (Å²) in [7, 11) is 1.86. The Balaban J connectivity index is 2.05. The number of nitrogens with zero attached hydrogens (tertiary/aromatic N) is 2. The summed E-state index contributed by atoms with van der Waals surface area (Å²) < 4.78 is 14.9. The van der Waals surface area contributed by atoms with E-state index in [1.807, 2.05) is 13.1 Å². The first-order chi connectivity index (χ1) is 7.66. The molecule has 16 heavy (non-hydrogen) atoms. The summed E-state index contributed by atoms with van der Waals surface area (Å²) in [5.41, 5.74) is 1.72. The smallest absolute Gasteiger partial charge is 0.143 e. The van der Waals surface area contributed by atoms with E-state index in [-0.39, 0.29) is 5.02 Å². The molecule has 0 bridgehead atoms. The highest BCUT2D eigenvalue weighted by atomic mass is 35.5. The second kappa shape index (κ2) is 4.53. The fourth-order valence-corrected chi connectivity index (χ4v) is 1.49. The van der Waals surface area contributed by atoms with Gasteiger partial charge in [0.2, 0.25) is 0 Å². The van der Waals surface area contributed by atoms with E-state index in [9.17, 15) is 4.39 Å². The standard InChI is InChI=1S/C11H11ClFN3/c1-16-9(4-5-15-16)7-14-8-2-3-10(12)11(13)6-8/h2-6,14H,7H2,1H3. The molecular formula is C11H11ClFN3. The van der Waals surface area contributed by atoms with E-state index in [0.29, 0.717) is 12.2 Å². The van der Waals surface area contributed by atoms with Crippen molar-refractivity contribution < 1.29 is 4.39 Å². The topological polar surface area (TPSA) is 29.9 Å². The molecule has 1 heterocycles. The van der Waals surface area contributed by atoms with Crippen molar-refractivity contribution in [1.82, 2.24) is 9.78 Å². The predicted octanol–water partition coefficient (Wildman–Crippen LogP) is 2.82. The minimum absolute atomic E-state index is 0.131. The maximum atomic E-state index is 13.1. The van der Waals surface area contributed by atoms with E-state index in [2.05, 4.69) is 10.4 Å². The minimum Gasteiger partial charge on any atom is -0.379 e. The van der Waals surface area contributed by atoms with E-state index in [4.69, 9.17) is 11.6 Å². The van der Waals surface area contributed by atoms with E-state index in [0.717, 1.165) is 5.69 Å². The minimum atomic E-state index is -0.420. The van der Waals surface area contributed by atoms with E-state index in [1.54, 1.807) is 16.9 Å². The molecule has 3 nitrogen and oxygen atoms in total. The summed E-state index contributed by atoms with van der Waals surface area (Å²) in [6.07, 6.45) is 1.72. The molecule has 1 aromatic heterocycles. The van der Waals surface area contributed by atoms with Crippen molar-refractivity contribution in [3.63, 3.8) is 0 Å². The van der Waals surface area contributed by atoms with Crippen LogP contribution >= 0.6 is 11.6 Å². The first-order valence-corrected chi connectivity index (χ1v) is 5.20.